The Kier molecular flexibility index (Phi) is 3.29. The third-order valence-electron chi connectivity index (χ3n) is 3.55. The fraction of sp³-hybridized carbons (Fsp3) is 0.538. The lowest BCUT2D eigenvalue weighted by Crippen LogP contribution is -2.25. The molecular formula is C13H14F2N2O3. The van der Waals surface area contributed by atoms with E-state index >= 15 is 0 Å². The van der Waals surface area contributed by atoms with Gasteiger partial charge in [0.2, 0.25) is 0 Å². The van der Waals surface area contributed by atoms with Gasteiger partial charge in [-0.05, 0) is 6.07 Å². The summed E-state index contributed by atoms with van der Waals surface area (Å²) in [5.74, 6) is -0.302. The molecule has 0 saturated carbocycles. The lowest BCUT2D eigenvalue weighted by atomic mass is 10.1. The molecule has 0 aromatic carbocycles. The van der Waals surface area contributed by atoms with Crippen LogP contribution < -0.4 is 4.90 Å². The molecule has 20 heavy (non-hydrogen) atoms. The van der Waals surface area contributed by atoms with E-state index in [1.54, 1.807) is 6.07 Å². The summed E-state index contributed by atoms with van der Waals surface area (Å²) in [6.45, 7) is 0.495. The number of halogens is 2. The summed E-state index contributed by atoms with van der Waals surface area (Å²) in [4.78, 5) is 17.6. The van der Waals surface area contributed by atoms with E-state index in [9.17, 15) is 13.6 Å². The zero-order valence-corrected chi connectivity index (χ0v) is 10.9. The summed E-state index contributed by atoms with van der Waals surface area (Å²) in [7, 11) is 1.26. The first-order chi connectivity index (χ1) is 9.60. The number of methoxy groups -OCH3 is 1. The van der Waals surface area contributed by atoms with Gasteiger partial charge in [0.05, 0.1) is 39.1 Å². The highest BCUT2D eigenvalue weighted by molar-refractivity contribution is 5.95. The molecule has 108 valence electrons. The van der Waals surface area contributed by atoms with Crippen molar-refractivity contribution in [2.24, 2.45) is 0 Å². The van der Waals surface area contributed by atoms with Crippen molar-refractivity contribution in [1.82, 2.24) is 4.98 Å². The number of hydrogen-bond donors (Lipinski definition) is 0. The van der Waals surface area contributed by atoms with Crippen LogP contribution in [0.5, 0.6) is 0 Å². The molecule has 0 bridgehead atoms. The zero-order valence-electron chi connectivity index (χ0n) is 10.9. The van der Waals surface area contributed by atoms with Crippen molar-refractivity contribution in [3.63, 3.8) is 0 Å². The smallest absolute Gasteiger partial charge is 0.341 e. The fourth-order valence-corrected chi connectivity index (χ4v) is 2.49. The number of pyridine rings is 1. The van der Waals surface area contributed by atoms with Gasteiger partial charge >= 0.3 is 5.97 Å². The second-order valence-electron chi connectivity index (χ2n) is 4.89. The van der Waals surface area contributed by atoms with Gasteiger partial charge in [0.25, 0.3) is 0 Å². The Morgan fingerprint density at radius 1 is 1.40 bits per heavy atom. The van der Waals surface area contributed by atoms with Gasteiger partial charge in [-0.2, -0.15) is 0 Å². The number of aromatic nitrogens is 1. The zero-order chi connectivity index (χ0) is 14.3. The summed E-state index contributed by atoms with van der Waals surface area (Å²) in [5, 5.41) is 0. The molecule has 1 aromatic rings. The molecule has 0 N–H and O–H groups in total. The van der Waals surface area contributed by atoms with Crippen LogP contribution in [0, 0.1) is 0 Å². The van der Waals surface area contributed by atoms with E-state index in [2.05, 4.69) is 4.98 Å². The molecule has 0 amide bonds. The molecule has 2 aliphatic rings. The fourth-order valence-electron chi connectivity index (χ4n) is 2.49. The molecule has 0 aliphatic carbocycles. The molecule has 5 nitrogen and oxygen atoms in total. The van der Waals surface area contributed by atoms with E-state index in [4.69, 9.17) is 9.47 Å². The Balaban J connectivity index is 2.02. The molecule has 1 saturated heterocycles. The monoisotopic (exact) mass is 284 g/mol. The number of carbonyl (C=O) groups is 1. The SMILES string of the molecule is COC(=O)c1cc2c(nc1N1C[C@H](F)[C@@H](F)C1)COC2. The van der Waals surface area contributed by atoms with E-state index in [1.807, 2.05) is 0 Å². The Bertz CT molecular complexity index is 543. The summed E-state index contributed by atoms with van der Waals surface area (Å²) in [6.07, 6.45) is -3.13. The summed E-state index contributed by atoms with van der Waals surface area (Å²) in [6, 6.07) is 1.63. The highest BCUT2D eigenvalue weighted by Crippen LogP contribution is 2.30. The van der Waals surface area contributed by atoms with Crippen molar-refractivity contribution in [1.29, 1.82) is 0 Å². The van der Waals surface area contributed by atoms with Gasteiger partial charge in [0.1, 0.15) is 11.4 Å². The summed E-state index contributed by atoms with van der Waals surface area (Å²) in [5.41, 5.74) is 1.73. The average Bonchev–Trinajstić information content (AvgIpc) is 3.03. The van der Waals surface area contributed by atoms with Gasteiger partial charge in [0, 0.05) is 5.56 Å². The van der Waals surface area contributed by atoms with Gasteiger partial charge in [-0.1, -0.05) is 0 Å². The maximum atomic E-state index is 13.4. The standard InChI is InChI=1S/C13H14F2N2O3/c1-19-13(18)8-2-7-5-20-6-11(7)16-12(8)17-3-9(14)10(15)4-17/h2,9-10H,3-6H2,1H3/t9-,10-/m0/s1. The Hall–Kier alpha value is -1.76. The minimum atomic E-state index is -1.56. The van der Waals surface area contributed by atoms with Crippen molar-refractivity contribution in [2.45, 2.75) is 25.6 Å². The van der Waals surface area contributed by atoms with Crippen molar-refractivity contribution >= 4 is 11.8 Å². The molecular weight excluding hydrogens is 270 g/mol. The quantitative estimate of drug-likeness (QED) is 0.768. The minimum absolute atomic E-state index is 0.113. The number of nitrogens with zero attached hydrogens (tertiary/aromatic N) is 2. The third-order valence-corrected chi connectivity index (χ3v) is 3.55. The maximum absolute atomic E-state index is 13.4. The first-order valence-corrected chi connectivity index (χ1v) is 6.32. The minimum Gasteiger partial charge on any atom is -0.465 e. The van der Waals surface area contributed by atoms with Crippen LogP contribution in [-0.4, -0.2) is 43.5 Å². The van der Waals surface area contributed by atoms with Crippen LogP contribution in [0.15, 0.2) is 6.07 Å². The normalized spacial score (nSPS) is 24.9. The highest BCUT2D eigenvalue weighted by atomic mass is 19.2. The van der Waals surface area contributed by atoms with E-state index in [0.717, 1.165) is 5.56 Å². The predicted octanol–water partition coefficient (Wildman–Crippen LogP) is 1.39. The molecule has 7 heteroatoms. The number of alkyl halides is 2. The van der Waals surface area contributed by atoms with Crippen LogP contribution >= 0.6 is 0 Å². The summed E-state index contributed by atoms with van der Waals surface area (Å²) < 4.78 is 36.7. The first kappa shape index (κ1) is 13.2. The van der Waals surface area contributed by atoms with E-state index in [0.29, 0.717) is 18.9 Å². The van der Waals surface area contributed by atoms with Crippen molar-refractivity contribution in [2.75, 3.05) is 25.1 Å². The van der Waals surface area contributed by atoms with Crippen LogP contribution in [0.2, 0.25) is 0 Å². The molecule has 0 radical (unpaired) electrons. The first-order valence-electron chi connectivity index (χ1n) is 6.32. The third kappa shape index (κ3) is 2.11. The van der Waals surface area contributed by atoms with Crippen molar-refractivity contribution in [3.8, 4) is 0 Å². The van der Waals surface area contributed by atoms with Gasteiger partial charge in [0.15, 0.2) is 12.3 Å². The molecule has 0 spiro atoms. The molecule has 0 unspecified atom stereocenters. The molecule has 3 rings (SSSR count). The maximum Gasteiger partial charge on any atom is 0.341 e. The largest absolute Gasteiger partial charge is 0.465 e. The van der Waals surface area contributed by atoms with Crippen LogP contribution in [0.3, 0.4) is 0 Å². The van der Waals surface area contributed by atoms with Gasteiger partial charge in [-0.25, -0.2) is 18.6 Å². The number of anilines is 1. The number of ether oxygens (including phenoxy) is 2. The number of esters is 1. The average molecular weight is 284 g/mol. The van der Waals surface area contributed by atoms with Crippen LogP contribution in [-0.2, 0) is 22.7 Å². The number of fused-ring (bicyclic) bond motifs is 1. The number of rotatable bonds is 2. The van der Waals surface area contributed by atoms with Crippen molar-refractivity contribution < 1.29 is 23.0 Å². The lowest BCUT2D eigenvalue weighted by Gasteiger charge is -2.19. The molecule has 2 atom stereocenters. The molecule has 3 heterocycles. The second-order valence-corrected chi connectivity index (χ2v) is 4.89. The van der Waals surface area contributed by atoms with Crippen LogP contribution in [0.25, 0.3) is 0 Å². The van der Waals surface area contributed by atoms with Gasteiger partial charge in [-0.15, -0.1) is 0 Å². The Morgan fingerprint density at radius 3 is 2.75 bits per heavy atom. The van der Waals surface area contributed by atoms with E-state index < -0.39 is 18.3 Å². The van der Waals surface area contributed by atoms with Gasteiger partial charge in [-0.3, -0.25) is 0 Å². The topological polar surface area (TPSA) is 51.7 Å². The Morgan fingerprint density at radius 2 is 2.10 bits per heavy atom. The van der Waals surface area contributed by atoms with Crippen molar-refractivity contribution in [3.05, 3.63) is 22.9 Å². The van der Waals surface area contributed by atoms with E-state index in [1.165, 1.54) is 12.0 Å². The van der Waals surface area contributed by atoms with Crippen LogP contribution in [0.1, 0.15) is 21.6 Å². The molecule has 2 aliphatic heterocycles. The molecule has 1 fully saturated rings. The van der Waals surface area contributed by atoms with Gasteiger partial charge < -0.3 is 14.4 Å². The summed E-state index contributed by atoms with van der Waals surface area (Å²) >= 11 is 0. The highest BCUT2D eigenvalue weighted by Gasteiger charge is 2.36. The van der Waals surface area contributed by atoms with E-state index in [-0.39, 0.29) is 24.5 Å². The lowest BCUT2D eigenvalue weighted by molar-refractivity contribution is 0.0601. The predicted molar refractivity (Wildman–Crippen MR) is 66.1 cm³/mol. The number of hydrogen-bond acceptors (Lipinski definition) is 5. The number of carbonyl (C=O) groups excluding carboxylic acids is 1. The second kappa shape index (κ2) is 4.97. The Labute approximate surface area is 114 Å². The van der Waals surface area contributed by atoms with Crippen LogP contribution in [0.4, 0.5) is 14.6 Å². The molecule has 1 aromatic heterocycles.